The van der Waals surface area contributed by atoms with E-state index in [2.05, 4.69) is 9.79 Å². The molecule has 0 aliphatic heterocycles. The fourth-order valence-corrected chi connectivity index (χ4v) is 1.27. The molecule has 1 aromatic heterocycles. The van der Waals surface area contributed by atoms with E-state index in [4.69, 9.17) is 16.3 Å². The van der Waals surface area contributed by atoms with Crippen LogP contribution in [0.4, 0.5) is 0 Å². The van der Waals surface area contributed by atoms with Crippen LogP contribution in [0, 0.1) is 5.21 Å². The maximum Gasteiger partial charge on any atom is 0.252 e. The highest BCUT2D eigenvalue weighted by molar-refractivity contribution is 6.32. The van der Waals surface area contributed by atoms with Crippen LogP contribution in [0.25, 0.3) is 11.0 Å². The SMILES string of the molecule is COc1cc2no[n+]([O-])c2cc1Cl. The van der Waals surface area contributed by atoms with Gasteiger partial charge in [-0.25, -0.2) is 0 Å². The molecule has 0 aliphatic carbocycles. The largest absolute Gasteiger partial charge is 0.495 e. The molecular formula is C7H5ClN2O3. The second-order valence-corrected chi connectivity index (χ2v) is 2.81. The first-order chi connectivity index (χ1) is 6.22. The summed E-state index contributed by atoms with van der Waals surface area (Å²) in [5.74, 6) is 0.461. The molecular weight excluding hydrogens is 196 g/mol. The van der Waals surface area contributed by atoms with Crippen molar-refractivity contribution in [3.05, 3.63) is 22.4 Å². The molecule has 6 heteroatoms. The molecule has 0 saturated carbocycles. The van der Waals surface area contributed by atoms with Crippen molar-refractivity contribution < 1.29 is 14.3 Å². The van der Waals surface area contributed by atoms with Crippen molar-refractivity contribution in [3.63, 3.8) is 0 Å². The quantitative estimate of drug-likeness (QED) is 0.648. The first-order valence-electron chi connectivity index (χ1n) is 3.45. The first-order valence-corrected chi connectivity index (χ1v) is 3.83. The average Bonchev–Trinajstić information content (AvgIpc) is 2.47. The van der Waals surface area contributed by atoms with Gasteiger partial charge in [-0.2, -0.15) is 0 Å². The Morgan fingerprint density at radius 1 is 1.62 bits per heavy atom. The van der Waals surface area contributed by atoms with Gasteiger partial charge in [0.15, 0.2) is 0 Å². The van der Waals surface area contributed by atoms with E-state index in [0.717, 1.165) is 0 Å². The van der Waals surface area contributed by atoms with E-state index in [9.17, 15) is 5.21 Å². The molecule has 0 unspecified atom stereocenters. The van der Waals surface area contributed by atoms with Gasteiger partial charge in [0.1, 0.15) is 5.75 Å². The van der Waals surface area contributed by atoms with Crippen LogP contribution in [0.3, 0.4) is 0 Å². The van der Waals surface area contributed by atoms with Gasteiger partial charge in [-0.1, -0.05) is 11.6 Å². The number of methoxy groups -OCH3 is 1. The van der Waals surface area contributed by atoms with Gasteiger partial charge in [0.05, 0.1) is 12.1 Å². The zero-order valence-electron chi connectivity index (χ0n) is 6.65. The second kappa shape index (κ2) is 2.77. The van der Waals surface area contributed by atoms with Gasteiger partial charge in [0, 0.05) is 17.3 Å². The van der Waals surface area contributed by atoms with Crippen molar-refractivity contribution in [2.45, 2.75) is 0 Å². The number of benzene rings is 1. The second-order valence-electron chi connectivity index (χ2n) is 2.41. The van der Waals surface area contributed by atoms with Crippen molar-refractivity contribution in [2.24, 2.45) is 0 Å². The van der Waals surface area contributed by atoms with E-state index >= 15 is 0 Å². The Balaban J connectivity index is 2.76. The highest BCUT2D eigenvalue weighted by atomic mass is 35.5. The molecule has 2 rings (SSSR count). The molecule has 1 aromatic carbocycles. The molecule has 2 aromatic rings. The lowest BCUT2D eigenvalue weighted by Crippen LogP contribution is -2.22. The molecule has 0 N–H and O–H groups in total. The van der Waals surface area contributed by atoms with Crippen LogP contribution in [0.5, 0.6) is 5.75 Å². The van der Waals surface area contributed by atoms with Gasteiger partial charge >= 0.3 is 0 Å². The van der Waals surface area contributed by atoms with Crippen molar-refractivity contribution in [1.29, 1.82) is 0 Å². The summed E-state index contributed by atoms with van der Waals surface area (Å²) in [6, 6.07) is 2.98. The number of ether oxygens (including phenoxy) is 1. The predicted octanol–water partition coefficient (Wildman–Crippen LogP) is 1.12. The van der Waals surface area contributed by atoms with Crippen LogP contribution in [0.15, 0.2) is 16.8 Å². The normalized spacial score (nSPS) is 10.6. The van der Waals surface area contributed by atoms with Gasteiger partial charge in [-0.3, -0.25) is 4.63 Å². The lowest BCUT2D eigenvalue weighted by molar-refractivity contribution is -0.782. The summed E-state index contributed by atoms with van der Waals surface area (Å²) >= 11 is 5.79. The van der Waals surface area contributed by atoms with Crippen LogP contribution in [0.1, 0.15) is 0 Å². The van der Waals surface area contributed by atoms with Crippen molar-refractivity contribution in [2.75, 3.05) is 7.11 Å². The number of rotatable bonds is 1. The maximum absolute atomic E-state index is 10.9. The molecule has 0 bridgehead atoms. The zero-order chi connectivity index (χ0) is 9.42. The molecule has 13 heavy (non-hydrogen) atoms. The number of nitrogens with zero attached hydrogens (tertiary/aromatic N) is 2. The standard InChI is InChI=1S/C7H5ClN2O3/c1-12-7-3-5-6(2-4(7)8)10(11)13-9-5/h2-3H,1H3. The van der Waals surface area contributed by atoms with Crippen LogP contribution >= 0.6 is 11.6 Å². The van der Waals surface area contributed by atoms with E-state index in [0.29, 0.717) is 21.2 Å². The fraction of sp³-hybridized carbons (Fsp3) is 0.143. The molecule has 0 amide bonds. The number of fused-ring (bicyclic) bond motifs is 1. The number of aromatic nitrogens is 2. The Labute approximate surface area is 78.0 Å². The Hall–Kier alpha value is -1.49. The summed E-state index contributed by atoms with van der Waals surface area (Å²) in [4.78, 5) is 0.292. The summed E-state index contributed by atoms with van der Waals surface area (Å²) in [7, 11) is 1.48. The number of halogens is 1. The molecule has 0 atom stereocenters. The molecule has 0 aliphatic rings. The Morgan fingerprint density at radius 3 is 3.08 bits per heavy atom. The van der Waals surface area contributed by atoms with E-state index in [1.54, 1.807) is 0 Å². The molecule has 0 radical (unpaired) electrons. The van der Waals surface area contributed by atoms with Crippen LogP contribution in [-0.4, -0.2) is 12.3 Å². The molecule has 0 saturated heterocycles. The van der Waals surface area contributed by atoms with E-state index in [-0.39, 0.29) is 5.52 Å². The Bertz CT molecular complexity index is 454. The first kappa shape index (κ1) is 8.12. The smallest absolute Gasteiger partial charge is 0.252 e. The minimum atomic E-state index is 0.283. The summed E-state index contributed by atoms with van der Waals surface area (Å²) in [5, 5.41) is 14.8. The third kappa shape index (κ3) is 1.17. The minimum Gasteiger partial charge on any atom is -0.495 e. The molecule has 5 nitrogen and oxygen atoms in total. The van der Waals surface area contributed by atoms with E-state index in [1.807, 2.05) is 0 Å². The van der Waals surface area contributed by atoms with Gasteiger partial charge < -0.3 is 9.94 Å². The van der Waals surface area contributed by atoms with Gasteiger partial charge in [-0.15, -0.1) is 0 Å². The summed E-state index contributed by atoms with van der Waals surface area (Å²) in [6.07, 6.45) is 0. The monoisotopic (exact) mass is 200 g/mol. The highest BCUT2D eigenvalue weighted by Gasteiger charge is 2.13. The van der Waals surface area contributed by atoms with Gasteiger partial charge in [-0.05, 0) is 4.90 Å². The molecule has 0 spiro atoms. The van der Waals surface area contributed by atoms with Crippen LogP contribution < -0.4 is 9.64 Å². The summed E-state index contributed by atoms with van der Waals surface area (Å²) in [5.41, 5.74) is 0.696. The number of hydrogen-bond donors (Lipinski definition) is 0. The highest BCUT2D eigenvalue weighted by Crippen LogP contribution is 2.27. The maximum atomic E-state index is 10.9. The Morgan fingerprint density at radius 2 is 2.38 bits per heavy atom. The Kier molecular flexibility index (Phi) is 1.73. The van der Waals surface area contributed by atoms with Crippen LogP contribution in [-0.2, 0) is 0 Å². The average molecular weight is 201 g/mol. The molecule has 68 valence electrons. The van der Waals surface area contributed by atoms with Crippen molar-refractivity contribution in [1.82, 2.24) is 5.16 Å². The minimum absolute atomic E-state index is 0.283. The summed E-state index contributed by atoms with van der Waals surface area (Å²) < 4.78 is 9.30. The van der Waals surface area contributed by atoms with Gasteiger partial charge in [0.2, 0.25) is 5.52 Å². The third-order valence-electron chi connectivity index (χ3n) is 1.66. The van der Waals surface area contributed by atoms with Crippen molar-refractivity contribution in [3.8, 4) is 5.75 Å². The molecule has 0 fully saturated rings. The van der Waals surface area contributed by atoms with Crippen molar-refractivity contribution >= 4 is 22.6 Å². The van der Waals surface area contributed by atoms with Gasteiger partial charge in [0.25, 0.3) is 5.52 Å². The van der Waals surface area contributed by atoms with E-state index in [1.165, 1.54) is 19.2 Å². The number of hydrogen-bond acceptors (Lipinski definition) is 4. The fourth-order valence-electron chi connectivity index (χ4n) is 1.03. The topological polar surface area (TPSA) is 62.2 Å². The zero-order valence-corrected chi connectivity index (χ0v) is 7.41. The van der Waals surface area contributed by atoms with E-state index < -0.39 is 0 Å². The predicted molar refractivity (Wildman–Crippen MR) is 44.5 cm³/mol. The third-order valence-corrected chi connectivity index (χ3v) is 1.95. The summed E-state index contributed by atoms with van der Waals surface area (Å²) in [6.45, 7) is 0. The lowest BCUT2D eigenvalue weighted by atomic mass is 10.3. The van der Waals surface area contributed by atoms with Crippen LogP contribution in [0.2, 0.25) is 5.02 Å². The molecule has 1 heterocycles. The lowest BCUT2D eigenvalue weighted by Gasteiger charge is -1.98.